The minimum absolute atomic E-state index is 0.0507. The van der Waals surface area contributed by atoms with Crippen molar-refractivity contribution >= 4 is 17.8 Å². The van der Waals surface area contributed by atoms with Crippen LogP contribution >= 0.6 is 0 Å². The topological polar surface area (TPSA) is 103 Å². The Morgan fingerprint density at radius 3 is 2.53 bits per heavy atom. The Labute approximate surface area is 171 Å². The van der Waals surface area contributed by atoms with Crippen molar-refractivity contribution in [3.63, 3.8) is 0 Å². The van der Waals surface area contributed by atoms with Crippen LogP contribution in [0.4, 0.5) is 5.69 Å². The summed E-state index contributed by atoms with van der Waals surface area (Å²) in [5.41, 5.74) is 3.99. The fourth-order valence-electron chi connectivity index (χ4n) is 3.01. The van der Waals surface area contributed by atoms with Gasteiger partial charge in [0.05, 0.1) is 28.0 Å². The standard InChI is InChI=1S/C22H16N4O4/c27-22(18-8-2-3-9-19(18)25-13-5-6-14-25)24-23-15-16-11-12-21(30-16)17-7-1-4-10-20(17)26(28)29/h1-15H,(H,24,27)/b23-15-. The number of para-hydroxylation sites is 2. The number of rotatable bonds is 6. The minimum atomic E-state index is -0.464. The predicted molar refractivity (Wildman–Crippen MR) is 112 cm³/mol. The molecule has 0 aliphatic heterocycles. The molecule has 0 atom stereocenters. The van der Waals surface area contributed by atoms with Gasteiger partial charge in [-0.05, 0) is 42.5 Å². The molecule has 0 aliphatic carbocycles. The average molecular weight is 400 g/mol. The Morgan fingerprint density at radius 1 is 1.00 bits per heavy atom. The zero-order chi connectivity index (χ0) is 20.9. The van der Waals surface area contributed by atoms with Crippen LogP contribution in [0, 0.1) is 10.1 Å². The maximum absolute atomic E-state index is 12.6. The molecule has 1 amide bonds. The molecule has 4 aromatic rings. The lowest BCUT2D eigenvalue weighted by atomic mass is 10.1. The molecule has 4 rings (SSSR count). The fraction of sp³-hybridized carbons (Fsp3) is 0. The van der Waals surface area contributed by atoms with Gasteiger partial charge in [0, 0.05) is 18.5 Å². The number of benzene rings is 2. The molecule has 0 radical (unpaired) electrons. The van der Waals surface area contributed by atoms with Gasteiger partial charge in [-0.15, -0.1) is 0 Å². The first-order valence-electron chi connectivity index (χ1n) is 9.03. The third-order valence-electron chi connectivity index (χ3n) is 4.38. The van der Waals surface area contributed by atoms with E-state index in [0.29, 0.717) is 22.6 Å². The van der Waals surface area contributed by atoms with Gasteiger partial charge in [0.15, 0.2) is 0 Å². The van der Waals surface area contributed by atoms with Crippen molar-refractivity contribution in [3.05, 3.63) is 107 Å². The normalized spacial score (nSPS) is 10.9. The number of aromatic nitrogens is 1. The highest BCUT2D eigenvalue weighted by Gasteiger charge is 2.17. The van der Waals surface area contributed by atoms with E-state index in [2.05, 4.69) is 10.5 Å². The number of nitrogens with one attached hydrogen (secondary N) is 1. The van der Waals surface area contributed by atoms with Crippen LogP contribution < -0.4 is 5.43 Å². The van der Waals surface area contributed by atoms with Gasteiger partial charge in [-0.3, -0.25) is 14.9 Å². The molecule has 8 nitrogen and oxygen atoms in total. The van der Waals surface area contributed by atoms with E-state index in [1.807, 2.05) is 41.2 Å². The van der Waals surface area contributed by atoms with E-state index in [4.69, 9.17) is 4.42 Å². The van der Waals surface area contributed by atoms with Crippen molar-refractivity contribution in [1.82, 2.24) is 9.99 Å². The Morgan fingerprint density at radius 2 is 1.73 bits per heavy atom. The van der Waals surface area contributed by atoms with Crippen molar-refractivity contribution in [2.45, 2.75) is 0 Å². The van der Waals surface area contributed by atoms with E-state index < -0.39 is 4.92 Å². The number of hydrogen-bond acceptors (Lipinski definition) is 5. The summed E-state index contributed by atoms with van der Waals surface area (Å²) >= 11 is 0. The molecule has 8 heteroatoms. The molecule has 2 aromatic carbocycles. The number of hydrogen-bond donors (Lipinski definition) is 1. The SMILES string of the molecule is O=C(N/N=C\c1ccc(-c2ccccc2[N+](=O)[O-])o1)c1ccccc1-n1cccc1. The molecular weight excluding hydrogens is 384 g/mol. The van der Waals surface area contributed by atoms with Gasteiger partial charge in [0.25, 0.3) is 11.6 Å². The van der Waals surface area contributed by atoms with Gasteiger partial charge in [-0.2, -0.15) is 5.10 Å². The first-order chi connectivity index (χ1) is 14.6. The van der Waals surface area contributed by atoms with Crippen LogP contribution in [0.3, 0.4) is 0 Å². The number of hydrazone groups is 1. The molecule has 2 aromatic heterocycles. The van der Waals surface area contributed by atoms with Crippen molar-refractivity contribution < 1.29 is 14.1 Å². The molecule has 2 heterocycles. The van der Waals surface area contributed by atoms with Crippen LogP contribution in [0.5, 0.6) is 0 Å². The van der Waals surface area contributed by atoms with Crippen molar-refractivity contribution in [1.29, 1.82) is 0 Å². The highest BCUT2D eigenvalue weighted by molar-refractivity contribution is 5.98. The fourth-order valence-corrected chi connectivity index (χ4v) is 3.01. The van der Waals surface area contributed by atoms with E-state index in [9.17, 15) is 14.9 Å². The molecule has 0 saturated heterocycles. The van der Waals surface area contributed by atoms with E-state index in [1.54, 1.807) is 42.5 Å². The van der Waals surface area contributed by atoms with Crippen LogP contribution in [-0.2, 0) is 0 Å². The Hall–Kier alpha value is -4.46. The van der Waals surface area contributed by atoms with Gasteiger partial charge >= 0.3 is 0 Å². The van der Waals surface area contributed by atoms with Crippen LogP contribution in [0.15, 0.2) is 94.7 Å². The van der Waals surface area contributed by atoms with Gasteiger partial charge in [0.2, 0.25) is 0 Å². The lowest BCUT2D eigenvalue weighted by Gasteiger charge is -2.08. The van der Waals surface area contributed by atoms with E-state index in [0.717, 1.165) is 5.69 Å². The molecular formula is C22H16N4O4. The first kappa shape index (κ1) is 18.9. The summed E-state index contributed by atoms with van der Waals surface area (Å²) < 4.78 is 7.46. The van der Waals surface area contributed by atoms with Crippen molar-refractivity contribution in [3.8, 4) is 17.0 Å². The zero-order valence-electron chi connectivity index (χ0n) is 15.6. The molecule has 0 saturated carbocycles. The maximum atomic E-state index is 12.6. The second kappa shape index (κ2) is 8.27. The zero-order valence-corrected chi connectivity index (χ0v) is 15.6. The Kier molecular flexibility index (Phi) is 5.21. The Bertz CT molecular complexity index is 1230. The van der Waals surface area contributed by atoms with Gasteiger partial charge in [-0.25, -0.2) is 5.43 Å². The van der Waals surface area contributed by atoms with Crippen LogP contribution in [0.2, 0.25) is 0 Å². The van der Waals surface area contributed by atoms with E-state index in [1.165, 1.54) is 12.3 Å². The second-order valence-corrected chi connectivity index (χ2v) is 6.28. The highest BCUT2D eigenvalue weighted by Crippen LogP contribution is 2.30. The molecule has 30 heavy (non-hydrogen) atoms. The van der Waals surface area contributed by atoms with E-state index in [-0.39, 0.29) is 11.6 Å². The first-order valence-corrected chi connectivity index (χ1v) is 9.03. The monoisotopic (exact) mass is 400 g/mol. The predicted octanol–water partition coefficient (Wildman–Crippen LogP) is 4.41. The largest absolute Gasteiger partial charge is 0.455 e. The number of nitro benzene ring substituents is 1. The number of amides is 1. The second-order valence-electron chi connectivity index (χ2n) is 6.28. The molecule has 0 aliphatic rings. The number of carbonyl (C=O) groups is 1. The lowest BCUT2D eigenvalue weighted by molar-refractivity contribution is -0.384. The third-order valence-corrected chi connectivity index (χ3v) is 4.38. The number of nitrogens with zero attached hydrogens (tertiary/aromatic N) is 3. The van der Waals surface area contributed by atoms with E-state index >= 15 is 0 Å². The summed E-state index contributed by atoms with van der Waals surface area (Å²) in [5, 5.41) is 15.1. The quantitative estimate of drug-likeness (QED) is 0.294. The molecule has 148 valence electrons. The summed E-state index contributed by atoms with van der Waals surface area (Å²) in [4.78, 5) is 23.3. The summed E-state index contributed by atoms with van der Waals surface area (Å²) in [6, 6.07) is 20.5. The summed E-state index contributed by atoms with van der Waals surface area (Å²) in [6.45, 7) is 0. The van der Waals surface area contributed by atoms with Gasteiger partial charge in [0.1, 0.15) is 11.5 Å². The summed E-state index contributed by atoms with van der Waals surface area (Å²) in [6.07, 6.45) is 5.04. The third kappa shape index (κ3) is 3.88. The number of furan rings is 1. The Balaban J connectivity index is 1.49. The van der Waals surface area contributed by atoms with Crippen LogP contribution in [0.25, 0.3) is 17.0 Å². The molecule has 0 bridgehead atoms. The molecule has 0 spiro atoms. The van der Waals surface area contributed by atoms with Crippen molar-refractivity contribution in [2.75, 3.05) is 0 Å². The summed E-state index contributed by atoms with van der Waals surface area (Å²) in [7, 11) is 0. The van der Waals surface area contributed by atoms with Gasteiger partial charge in [-0.1, -0.05) is 24.3 Å². The van der Waals surface area contributed by atoms with Crippen molar-refractivity contribution in [2.24, 2.45) is 5.10 Å². The number of nitro groups is 1. The molecule has 0 unspecified atom stereocenters. The summed E-state index contributed by atoms with van der Waals surface area (Å²) in [5.74, 6) is 0.316. The average Bonchev–Trinajstić information content (AvgIpc) is 3.46. The van der Waals surface area contributed by atoms with Crippen LogP contribution in [-0.4, -0.2) is 21.6 Å². The molecule has 1 N–H and O–H groups in total. The molecule has 0 fully saturated rings. The lowest BCUT2D eigenvalue weighted by Crippen LogP contribution is -2.19. The van der Waals surface area contributed by atoms with Gasteiger partial charge < -0.3 is 8.98 Å². The highest BCUT2D eigenvalue weighted by atomic mass is 16.6. The smallest absolute Gasteiger partial charge is 0.280 e. The minimum Gasteiger partial charge on any atom is -0.455 e. The van der Waals surface area contributed by atoms with Crippen LogP contribution in [0.1, 0.15) is 16.1 Å². The maximum Gasteiger partial charge on any atom is 0.280 e. The number of carbonyl (C=O) groups excluding carboxylic acids is 1.